The van der Waals surface area contributed by atoms with E-state index in [9.17, 15) is 10.1 Å². The molecule has 1 fully saturated rings. The molecule has 0 aromatic carbocycles. The van der Waals surface area contributed by atoms with Gasteiger partial charge in [0.05, 0.1) is 6.07 Å². The quantitative estimate of drug-likeness (QED) is 0.727. The normalized spacial score (nSPS) is 18.8. The van der Waals surface area contributed by atoms with Crippen LogP contribution in [0, 0.1) is 11.3 Å². The fraction of sp³-hybridized carbons (Fsp3) is 0.846. The van der Waals surface area contributed by atoms with Gasteiger partial charge in [-0.3, -0.25) is 4.79 Å². The van der Waals surface area contributed by atoms with Gasteiger partial charge in [-0.05, 0) is 19.3 Å². The van der Waals surface area contributed by atoms with Crippen molar-refractivity contribution >= 4 is 5.91 Å². The van der Waals surface area contributed by atoms with Crippen molar-refractivity contribution in [1.29, 1.82) is 5.26 Å². The molecule has 0 bridgehead atoms. The second kappa shape index (κ2) is 6.52. The summed E-state index contributed by atoms with van der Waals surface area (Å²) in [7, 11) is 0. The predicted molar refractivity (Wildman–Crippen MR) is 63.7 cm³/mol. The number of amides is 1. The van der Waals surface area contributed by atoms with Gasteiger partial charge in [0.2, 0.25) is 5.91 Å². The Hall–Kier alpha value is -1.04. The van der Waals surface area contributed by atoms with Crippen molar-refractivity contribution in [2.45, 2.75) is 70.3 Å². The van der Waals surface area contributed by atoms with Crippen LogP contribution in [0.15, 0.2) is 0 Å². The Balaban J connectivity index is 2.37. The van der Waals surface area contributed by atoms with Crippen molar-refractivity contribution in [3.05, 3.63) is 0 Å². The smallest absolute Gasteiger partial charge is 0.221 e. The molecule has 90 valence electrons. The molecule has 1 amide bonds. The first-order chi connectivity index (χ1) is 7.72. The number of nitrogens with zero attached hydrogens (tertiary/aromatic N) is 1. The Labute approximate surface area is 98.2 Å². The molecule has 0 aromatic rings. The molecule has 0 saturated heterocycles. The number of rotatable bonds is 5. The minimum absolute atomic E-state index is 0.0527. The van der Waals surface area contributed by atoms with Crippen LogP contribution in [0.1, 0.15) is 64.7 Å². The molecule has 1 saturated carbocycles. The molecule has 16 heavy (non-hydrogen) atoms. The lowest BCUT2D eigenvalue weighted by Crippen LogP contribution is -2.48. The molecule has 1 rings (SSSR count). The molecule has 1 N–H and O–H groups in total. The summed E-state index contributed by atoms with van der Waals surface area (Å²) in [5.74, 6) is 0.0527. The summed E-state index contributed by atoms with van der Waals surface area (Å²) in [6.45, 7) is 2.12. The van der Waals surface area contributed by atoms with Crippen LogP contribution in [0.2, 0.25) is 0 Å². The van der Waals surface area contributed by atoms with Gasteiger partial charge in [-0.25, -0.2) is 0 Å². The maximum absolute atomic E-state index is 11.7. The van der Waals surface area contributed by atoms with E-state index in [2.05, 4.69) is 18.3 Å². The summed E-state index contributed by atoms with van der Waals surface area (Å²) in [4.78, 5) is 11.7. The molecule has 0 unspecified atom stereocenters. The van der Waals surface area contributed by atoms with E-state index in [4.69, 9.17) is 0 Å². The van der Waals surface area contributed by atoms with E-state index in [-0.39, 0.29) is 5.91 Å². The molecule has 1 aliphatic carbocycles. The number of carbonyl (C=O) groups is 1. The molecule has 0 heterocycles. The van der Waals surface area contributed by atoms with Gasteiger partial charge in [0, 0.05) is 6.42 Å². The first kappa shape index (κ1) is 13.0. The van der Waals surface area contributed by atoms with Crippen molar-refractivity contribution in [2.24, 2.45) is 0 Å². The third kappa shape index (κ3) is 3.84. The Kier molecular flexibility index (Phi) is 5.31. The van der Waals surface area contributed by atoms with E-state index < -0.39 is 5.54 Å². The molecule has 0 radical (unpaired) electrons. The summed E-state index contributed by atoms with van der Waals surface area (Å²) in [6.07, 6.45) is 8.66. The molecule has 0 aliphatic heterocycles. The average molecular weight is 222 g/mol. The SMILES string of the molecule is CCCCCC(=O)NC1(C#N)CCCCC1. The number of hydrogen-bond donors (Lipinski definition) is 1. The molecule has 0 aromatic heterocycles. The van der Waals surface area contributed by atoms with Gasteiger partial charge in [0.25, 0.3) is 0 Å². The average Bonchev–Trinajstić information content (AvgIpc) is 2.30. The Morgan fingerprint density at radius 2 is 2.00 bits per heavy atom. The fourth-order valence-electron chi connectivity index (χ4n) is 2.29. The van der Waals surface area contributed by atoms with Crippen LogP contribution in [0.4, 0.5) is 0 Å². The van der Waals surface area contributed by atoms with Crippen LogP contribution >= 0.6 is 0 Å². The van der Waals surface area contributed by atoms with Crippen LogP contribution < -0.4 is 5.32 Å². The summed E-state index contributed by atoms with van der Waals surface area (Å²) >= 11 is 0. The molecular weight excluding hydrogens is 200 g/mol. The zero-order valence-electron chi connectivity index (χ0n) is 10.2. The van der Waals surface area contributed by atoms with Crippen LogP contribution in [-0.2, 0) is 4.79 Å². The molecule has 3 heteroatoms. The summed E-state index contributed by atoms with van der Waals surface area (Å²) in [6, 6.07) is 2.31. The van der Waals surface area contributed by atoms with E-state index in [1.165, 1.54) is 6.42 Å². The topological polar surface area (TPSA) is 52.9 Å². The largest absolute Gasteiger partial charge is 0.338 e. The third-order valence-corrected chi connectivity index (χ3v) is 3.31. The first-order valence-corrected chi connectivity index (χ1v) is 6.45. The van der Waals surface area contributed by atoms with Crippen molar-refractivity contribution in [1.82, 2.24) is 5.32 Å². The second-order valence-corrected chi connectivity index (χ2v) is 4.76. The lowest BCUT2D eigenvalue weighted by Gasteiger charge is -2.31. The Morgan fingerprint density at radius 1 is 1.31 bits per heavy atom. The molecule has 0 spiro atoms. The maximum Gasteiger partial charge on any atom is 0.221 e. The van der Waals surface area contributed by atoms with Gasteiger partial charge in [0.15, 0.2) is 0 Å². The Bertz CT molecular complexity index is 262. The van der Waals surface area contributed by atoms with Crippen molar-refractivity contribution in [3.8, 4) is 6.07 Å². The number of unbranched alkanes of at least 4 members (excludes halogenated alkanes) is 2. The number of carbonyl (C=O) groups excluding carboxylic acids is 1. The fourth-order valence-corrected chi connectivity index (χ4v) is 2.29. The first-order valence-electron chi connectivity index (χ1n) is 6.45. The molecule has 0 atom stereocenters. The monoisotopic (exact) mass is 222 g/mol. The van der Waals surface area contributed by atoms with Crippen LogP contribution in [-0.4, -0.2) is 11.4 Å². The second-order valence-electron chi connectivity index (χ2n) is 4.76. The molecule has 3 nitrogen and oxygen atoms in total. The third-order valence-electron chi connectivity index (χ3n) is 3.31. The van der Waals surface area contributed by atoms with Gasteiger partial charge in [-0.1, -0.05) is 39.0 Å². The minimum Gasteiger partial charge on any atom is -0.338 e. The standard InChI is InChI=1S/C13H22N2O/c1-2-3-5-8-12(16)15-13(11-14)9-6-4-7-10-13/h2-10H2,1H3,(H,15,16). The Morgan fingerprint density at radius 3 is 2.56 bits per heavy atom. The van der Waals surface area contributed by atoms with Crippen LogP contribution in [0.3, 0.4) is 0 Å². The summed E-state index contributed by atoms with van der Waals surface area (Å²) < 4.78 is 0. The van der Waals surface area contributed by atoms with Gasteiger partial charge < -0.3 is 5.32 Å². The van der Waals surface area contributed by atoms with Gasteiger partial charge in [0.1, 0.15) is 5.54 Å². The highest BCUT2D eigenvalue weighted by Gasteiger charge is 2.33. The van der Waals surface area contributed by atoms with Crippen molar-refractivity contribution in [2.75, 3.05) is 0 Å². The number of nitriles is 1. The van der Waals surface area contributed by atoms with Crippen LogP contribution in [0.25, 0.3) is 0 Å². The highest BCUT2D eigenvalue weighted by molar-refractivity contribution is 5.77. The lowest BCUT2D eigenvalue weighted by molar-refractivity contribution is -0.122. The van der Waals surface area contributed by atoms with E-state index >= 15 is 0 Å². The van der Waals surface area contributed by atoms with Crippen molar-refractivity contribution < 1.29 is 4.79 Å². The highest BCUT2D eigenvalue weighted by atomic mass is 16.1. The molecular formula is C13H22N2O. The maximum atomic E-state index is 11.7. The van der Waals surface area contributed by atoms with E-state index in [1.54, 1.807) is 0 Å². The van der Waals surface area contributed by atoms with Gasteiger partial charge >= 0.3 is 0 Å². The molecule has 1 aliphatic rings. The van der Waals surface area contributed by atoms with E-state index in [0.29, 0.717) is 6.42 Å². The zero-order valence-corrected chi connectivity index (χ0v) is 10.2. The summed E-state index contributed by atoms with van der Waals surface area (Å²) in [5, 5.41) is 12.1. The highest BCUT2D eigenvalue weighted by Crippen LogP contribution is 2.27. The van der Waals surface area contributed by atoms with Gasteiger partial charge in [-0.15, -0.1) is 0 Å². The zero-order chi connectivity index (χ0) is 11.9. The van der Waals surface area contributed by atoms with Crippen LogP contribution in [0.5, 0.6) is 0 Å². The van der Waals surface area contributed by atoms with Gasteiger partial charge in [-0.2, -0.15) is 5.26 Å². The lowest BCUT2D eigenvalue weighted by atomic mass is 9.83. The number of hydrogen-bond acceptors (Lipinski definition) is 2. The van der Waals surface area contributed by atoms with E-state index in [1.807, 2.05) is 0 Å². The number of nitrogens with one attached hydrogen (secondary N) is 1. The summed E-state index contributed by atoms with van der Waals surface area (Å²) in [5.41, 5.74) is -0.554. The van der Waals surface area contributed by atoms with E-state index in [0.717, 1.165) is 44.9 Å². The predicted octanol–water partition coefficient (Wildman–Crippen LogP) is 2.91. The van der Waals surface area contributed by atoms with Crippen molar-refractivity contribution in [3.63, 3.8) is 0 Å². The minimum atomic E-state index is -0.554.